The van der Waals surface area contributed by atoms with Crippen molar-refractivity contribution in [3.63, 3.8) is 0 Å². The average molecular weight is 423 g/mol. The van der Waals surface area contributed by atoms with E-state index in [2.05, 4.69) is 57.2 Å². The van der Waals surface area contributed by atoms with Crippen molar-refractivity contribution in [2.24, 2.45) is 0 Å². The van der Waals surface area contributed by atoms with E-state index in [1.807, 2.05) is 36.7 Å². The fourth-order valence-electron chi connectivity index (χ4n) is 3.91. The van der Waals surface area contributed by atoms with Gasteiger partial charge in [-0.1, -0.05) is 0 Å². The number of pyridine rings is 3. The van der Waals surface area contributed by atoms with Gasteiger partial charge in [-0.3, -0.25) is 15.1 Å². The lowest BCUT2D eigenvalue weighted by Gasteiger charge is -2.04. The van der Waals surface area contributed by atoms with E-state index < -0.39 is 0 Å². The Morgan fingerprint density at radius 3 is 2.68 bits per heavy atom. The Labute approximate surface area is 182 Å². The molecule has 150 valence electrons. The van der Waals surface area contributed by atoms with Gasteiger partial charge in [0.2, 0.25) is 0 Å². The van der Waals surface area contributed by atoms with Crippen LogP contribution in [0.15, 0.2) is 61.1 Å². The van der Waals surface area contributed by atoms with Crippen LogP contribution in [0.4, 0.5) is 0 Å². The van der Waals surface area contributed by atoms with Gasteiger partial charge in [-0.25, -0.2) is 4.98 Å². The van der Waals surface area contributed by atoms with E-state index in [-0.39, 0.29) is 0 Å². The number of hydrogen-bond donors (Lipinski definition) is 2. The smallest absolute Gasteiger partial charge is 0.135 e. The number of hydrogen-bond acceptors (Lipinski definition) is 5. The Morgan fingerprint density at radius 1 is 0.903 bits per heavy atom. The van der Waals surface area contributed by atoms with E-state index >= 15 is 0 Å². The summed E-state index contributed by atoms with van der Waals surface area (Å²) in [6.07, 6.45) is 5.50. The summed E-state index contributed by atoms with van der Waals surface area (Å²) in [6, 6.07) is 14.4. The molecule has 0 atom stereocenters. The number of rotatable bonds is 3. The first-order chi connectivity index (χ1) is 15.2. The normalized spacial score (nSPS) is 11.5. The molecule has 0 aromatic carbocycles. The number of H-pyrrole nitrogens is 2. The fraction of sp³-hybridized carbons (Fsp3) is 0.0833. The predicted octanol–water partition coefficient (Wildman–Crippen LogP) is 5.91. The number of fused-ring (bicyclic) bond motifs is 2. The average Bonchev–Trinajstić information content (AvgIpc) is 3.50. The second kappa shape index (κ2) is 6.85. The van der Waals surface area contributed by atoms with Crippen LogP contribution < -0.4 is 0 Å². The van der Waals surface area contributed by atoms with Crippen molar-refractivity contribution in [3.8, 4) is 33.2 Å². The predicted molar refractivity (Wildman–Crippen MR) is 125 cm³/mol. The molecule has 0 aliphatic rings. The lowest BCUT2D eigenvalue weighted by Crippen LogP contribution is -1.89. The van der Waals surface area contributed by atoms with E-state index in [0.29, 0.717) is 0 Å². The lowest BCUT2D eigenvalue weighted by molar-refractivity contribution is 1.12. The summed E-state index contributed by atoms with van der Waals surface area (Å²) in [6.45, 7) is 4.18. The highest BCUT2D eigenvalue weighted by Crippen LogP contribution is 2.35. The highest BCUT2D eigenvalue weighted by Gasteiger charge is 2.16. The summed E-state index contributed by atoms with van der Waals surface area (Å²) < 4.78 is 0. The molecule has 0 aliphatic heterocycles. The summed E-state index contributed by atoms with van der Waals surface area (Å²) >= 11 is 1.75. The summed E-state index contributed by atoms with van der Waals surface area (Å²) in [5.74, 6) is 0. The summed E-state index contributed by atoms with van der Waals surface area (Å²) in [5, 5.41) is 8.76. The van der Waals surface area contributed by atoms with Crippen LogP contribution in [0.1, 0.15) is 10.4 Å². The number of nitrogens with one attached hydrogen (secondary N) is 2. The largest absolute Gasteiger partial charge is 0.353 e. The van der Waals surface area contributed by atoms with Gasteiger partial charge in [-0.2, -0.15) is 5.10 Å². The van der Waals surface area contributed by atoms with Gasteiger partial charge in [0.1, 0.15) is 11.2 Å². The second-order valence-electron chi connectivity index (χ2n) is 7.57. The minimum atomic E-state index is 0.794. The Balaban J connectivity index is 1.52. The molecule has 6 heterocycles. The quantitative estimate of drug-likeness (QED) is 0.371. The fourth-order valence-corrected chi connectivity index (χ4v) is 4.79. The van der Waals surface area contributed by atoms with E-state index in [0.717, 1.165) is 60.7 Å². The van der Waals surface area contributed by atoms with Crippen molar-refractivity contribution in [2.45, 2.75) is 13.8 Å². The van der Waals surface area contributed by atoms with Crippen LogP contribution in [0.3, 0.4) is 0 Å². The van der Waals surface area contributed by atoms with Crippen LogP contribution in [0.25, 0.3) is 55.2 Å². The van der Waals surface area contributed by atoms with Crippen molar-refractivity contribution < 1.29 is 0 Å². The molecule has 0 unspecified atom stereocenters. The number of aromatic amines is 2. The highest BCUT2D eigenvalue weighted by molar-refractivity contribution is 7.15. The van der Waals surface area contributed by atoms with Crippen LogP contribution in [-0.2, 0) is 0 Å². The molecule has 0 spiro atoms. The zero-order valence-corrected chi connectivity index (χ0v) is 17.8. The van der Waals surface area contributed by atoms with Crippen molar-refractivity contribution in [3.05, 3.63) is 71.5 Å². The monoisotopic (exact) mass is 422 g/mol. The molecule has 0 amide bonds. The van der Waals surface area contributed by atoms with Gasteiger partial charge in [-0.15, -0.1) is 11.3 Å². The Kier molecular flexibility index (Phi) is 3.97. The third-order valence-corrected chi connectivity index (χ3v) is 6.51. The minimum absolute atomic E-state index is 0.794. The first-order valence-corrected chi connectivity index (χ1v) is 10.8. The molecule has 0 saturated heterocycles. The molecular weight excluding hydrogens is 404 g/mol. The van der Waals surface area contributed by atoms with E-state index in [1.165, 1.54) is 4.88 Å². The van der Waals surface area contributed by atoms with Crippen molar-refractivity contribution in [2.75, 3.05) is 0 Å². The van der Waals surface area contributed by atoms with Gasteiger partial charge >= 0.3 is 0 Å². The third-order valence-electron chi connectivity index (χ3n) is 5.50. The highest BCUT2D eigenvalue weighted by atomic mass is 32.1. The van der Waals surface area contributed by atoms with Crippen molar-refractivity contribution in [1.82, 2.24) is 30.1 Å². The topological polar surface area (TPSA) is 83.1 Å². The molecule has 31 heavy (non-hydrogen) atoms. The van der Waals surface area contributed by atoms with Crippen LogP contribution in [-0.4, -0.2) is 30.1 Å². The number of thiophene rings is 1. The molecule has 6 rings (SSSR count). The maximum Gasteiger partial charge on any atom is 0.135 e. The molecule has 7 heteroatoms. The zero-order valence-electron chi connectivity index (χ0n) is 17.0. The number of nitrogens with zero attached hydrogens (tertiary/aromatic N) is 4. The Bertz CT molecular complexity index is 1570. The zero-order chi connectivity index (χ0) is 20.9. The molecule has 0 bridgehead atoms. The minimum Gasteiger partial charge on any atom is -0.353 e. The van der Waals surface area contributed by atoms with E-state index in [1.54, 1.807) is 17.5 Å². The van der Waals surface area contributed by atoms with Gasteiger partial charge < -0.3 is 4.98 Å². The third kappa shape index (κ3) is 2.93. The molecule has 0 fully saturated rings. The van der Waals surface area contributed by atoms with E-state index in [4.69, 9.17) is 4.98 Å². The number of aromatic nitrogens is 6. The van der Waals surface area contributed by atoms with E-state index in [9.17, 15) is 0 Å². The molecule has 6 nitrogen and oxygen atoms in total. The summed E-state index contributed by atoms with van der Waals surface area (Å²) in [5.41, 5.74) is 8.48. The second-order valence-corrected chi connectivity index (χ2v) is 8.86. The first-order valence-electron chi connectivity index (χ1n) is 9.98. The van der Waals surface area contributed by atoms with Crippen molar-refractivity contribution in [1.29, 1.82) is 0 Å². The molecular formula is C24H18N6S. The standard InChI is InChI=1S/C24H18N6S/c1-13-7-9-25-12-16(13)17-4-5-19-23(28-17)24(30-29-19)20-11-15-18(27-20)8-10-26-22(15)21-6-3-14(2)31-21/h3-12,27H,1-2H3,(H,29,30). The van der Waals surface area contributed by atoms with Crippen LogP contribution >= 0.6 is 11.3 Å². The molecule has 2 N–H and O–H groups in total. The lowest BCUT2D eigenvalue weighted by atomic mass is 10.1. The molecule has 0 radical (unpaired) electrons. The van der Waals surface area contributed by atoms with Gasteiger partial charge in [0.05, 0.1) is 27.5 Å². The SMILES string of the molecule is Cc1ccc(-c2nccc3[nH]c(-c4n[nH]c5ccc(-c6cnccc6C)nc45)cc23)s1. The van der Waals surface area contributed by atoms with Gasteiger partial charge in [0.25, 0.3) is 0 Å². The first kappa shape index (κ1) is 18.0. The maximum atomic E-state index is 4.93. The molecule has 6 aromatic heterocycles. The number of aryl methyl sites for hydroxylation is 2. The van der Waals surface area contributed by atoms with Crippen LogP contribution in [0, 0.1) is 13.8 Å². The van der Waals surface area contributed by atoms with Gasteiger partial charge in [0, 0.05) is 39.9 Å². The van der Waals surface area contributed by atoms with Crippen LogP contribution in [0.2, 0.25) is 0 Å². The van der Waals surface area contributed by atoms with Gasteiger partial charge in [-0.05, 0) is 61.9 Å². The molecule has 0 saturated carbocycles. The van der Waals surface area contributed by atoms with Crippen molar-refractivity contribution >= 4 is 33.3 Å². The Morgan fingerprint density at radius 2 is 1.84 bits per heavy atom. The summed E-state index contributed by atoms with van der Waals surface area (Å²) in [7, 11) is 0. The van der Waals surface area contributed by atoms with Crippen LogP contribution in [0.5, 0.6) is 0 Å². The summed E-state index contributed by atoms with van der Waals surface area (Å²) in [4.78, 5) is 19.8. The Hall–Kier alpha value is -3.84. The maximum absolute atomic E-state index is 4.93. The molecule has 6 aromatic rings. The van der Waals surface area contributed by atoms with Gasteiger partial charge in [0.15, 0.2) is 0 Å². The molecule has 0 aliphatic carbocycles.